The summed E-state index contributed by atoms with van der Waals surface area (Å²) in [6.07, 6.45) is 2.41. The lowest BCUT2D eigenvalue weighted by Gasteiger charge is -2.20. The van der Waals surface area contributed by atoms with Crippen LogP contribution < -0.4 is 4.72 Å². The van der Waals surface area contributed by atoms with Gasteiger partial charge in [-0.1, -0.05) is 25.5 Å². The highest BCUT2D eigenvalue weighted by atomic mass is 32.2. The summed E-state index contributed by atoms with van der Waals surface area (Å²) in [4.78, 5) is 0.222. The fraction of sp³-hybridized carbons (Fsp3) is 0.571. The van der Waals surface area contributed by atoms with Gasteiger partial charge in [-0.3, -0.25) is 0 Å². The molecule has 0 aliphatic carbocycles. The summed E-state index contributed by atoms with van der Waals surface area (Å²) >= 11 is 0. The maximum absolute atomic E-state index is 12.1. The first-order valence-electron chi connectivity index (χ1n) is 6.84. The molecule has 0 amide bonds. The van der Waals surface area contributed by atoms with Gasteiger partial charge < -0.3 is 9.84 Å². The van der Waals surface area contributed by atoms with E-state index in [1.807, 2.05) is 12.1 Å². The number of benzene rings is 1. The molecule has 1 fully saturated rings. The highest BCUT2D eigenvalue weighted by molar-refractivity contribution is 7.89. The Kier molecular flexibility index (Phi) is 4.80. The Labute approximate surface area is 120 Å². The third-order valence-corrected chi connectivity index (χ3v) is 4.86. The monoisotopic (exact) mass is 299 g/mol. The van der Waals surface area contributed by atoms with E-state index in [-0.39, 0.29) is 18.0 Å². The Morgan fingerprint density at radius 2 is 2.05 bits per heavy atom. The number of ether oxygens (including phenoxy) is 1. The Balaban J connectivity index is 2.02. The molecule has 0 bridgehead atoms. The van der Waals surface area contributed by atoms with Crippen LogP contribution in [0.4, 0.5) is 0 Å². The van der Waals surface area contributed by atoms with Gasteiger partial charge in [0.2, 0.25) is 10.0 Å². The predicted octanol–water partition coefficient (Wildman–Crippen LogP) is 1.07. The van der Waals surface area contributed by atoms with Gasteiger partial charge in [-0.25, -0.2) is 13.1 Å². The fourth-order valence-corrected chi connectivity index (χ4v) is 3.29. The van der Waals surface area contributed by atoms with Crippen molar-refractivity contribution in [3.8, 4) is 0 Å². The van der Waals surface area contributed by atoms with Crippen LogP contribution in [0.5, 0.6) is 0 Å². The summed E-state index contributed by atoms with van der Waals surface area (Å²) < 4.78 is 31.8. The molecule has 20 heavy (non-hydrogen) atoms. The third-order valence-electron chi connectivity index (χ3n) is 3.45. The number of aryl methyl sites for hydroxylation is 1. The van der Waals surface area contributed by atoms with Crippen LogP contribution in [0.15, 0.2) is 29.2 Å². The van der Waals surface area contributed by atoms with Crippen LogP contribution in [0.2, 0.25) is 0 Å². The minimum atomic E-state index is -3.58. The highest BCUT2D eigenvalue weighted by Crippen LogP contribution is 2.18. The second-order valence-electron chi connectivity index (χ2n) is 5.25. The van der Waals surface area contributed by atoms with E-state index < -0.39 is 15.6 Å². The topological polar surface area (TPSA) is 75.6 Å². The van der Waals surface area contributed by atoms with Crippen LogP contribution in [0.25, 0.3) is 0 Å². The van der Waals surface area contributed by atoms with Crippen molar-refractivity contribution in [2.75, 3.05) is 19.8 Å². The average Bonchev–Trinajstić information content (AvgIpc) is 2.85. The van der Waals surface area contributed by atoms with E-state index in [9.17, 15) is 13.5 Å². The van der Waals surface area contributed by atoms with Gasteiger partial charge in [0.15, 0.2) is 0 Å². The molecule has 1 aromatic carbocycles. The fourth-order valence-electron chi connectivity index (χ4n) is 2.17. The van der Waals surface area contributed by atoms with Crippen molar-refractivity contribution < 1.29 is 18.3 Å². The SMILES string of the molecule is CCCc1ccc(S(=O)(=O)NC[C@]2(O)CCOC2)cc1. The number of hydrogen-bond acceptors (Lipinski definition) is 4. The van der Waals surface area contributed by atoms with Gasteiger partial charge in [-0.15, -0.1) is 0 Å². The van der Waals surface area contributed by atoms with E-state index in [0.29, 0.717) is 13.0 Å². The lowest BCUT2D eigenvalue weighted by molar-refractivity contribution is 0.0314. The molecule has 2 N–H and O–H groups in total. The smallest absolute Gasteiger partial charge is 0.240 e. The van der Waals surface area contributed by atoms with Crippen molar-refractivity contribution in [1.82, 2.24) is 4.72 Å². The normalized spacial score (nSPS) is 23.1. The van der Waals surface area contributed by atoms with Crippen molar-refractivity contribution in [2.24, 2.45) is 0 Å². The molecular weight excluding hydrogens is 278 g/mol. The molecule has 5 nitrogen and oxygen atoms in total. The second kappa shape index (κ2) is 6.22. The van der Waals surface area contributed by atoms with Crippen LogP contribution in [0, 0.1) is 0 Å². The maximum atomic E-state index is 12.1. The van der Waals surface area contributed by atoms with Gasteiger partial charge in [-0.05, 0) is 24.1 Å². The molecule has 0 radical (unpaired) electrons. The molecule has 0 aromatic heterocycles. The van der Waals surface area contributed by atoms with Crippen molar-refractivity contribution in [2.45, 2.75) is 36.7 Å². The number of sulfonamides is 1. The number of rotatable bonds is 6. The first-order chi connectivity index (χ1) is 9.45. The summed E-state index contributed by atoms with van der Waals surface area (Å²) in [6.45, 7) is 2.69. The zero-order valence-electron chi connectivity index (χ0n) is 11.6. The summed E-state index contributed by atoms with van der Waals surface area (Å²) in [6, 6.07) is 6.85. The van der Waals surface area contributed by atoms with E-state index in [1.54, 1.807) is 12.1 Å². The maximum Gasteiger partial charge on any atom is 0.240 e. The Morgan fingerprint density at radius 3 is 2.60 bits per heavy atom. The summed E-state index contributed by atoms with van der Waals surface area (Å²) in [5, 5.41) is 10.1. The molecule has 1 saturated heterocycles. The molecule has 1 aliphatic rings. The standard InChI is InChI=1S/C14H21NO4S/c1-2-3-12-4-6-13(7-5-12)20(17,18)15-10-14(16)8-9-19-11-14/h4-7,15-16H,2-3,8-11H2,1H3/t14-/m1/s1. The lowest BCUT2D eigenvalue weighted by atomic mass is 10.1. The molecule has 1 aliphatic heterocycles. The Morgan fingerprint density at radius 1 is 1.35 bits per heavy atom. The van der Waals surface area contributed by atoms with Crippen LogP contribution in [-0.2, 0) is 21.2 Å². The second-order valence-corrected chi connectivity index (χ2v) is 7.01. The highest BCUT2D eigenvalue weighted by Gasteiger charge is 2.33. The third kappa shape index (κ3) is 3.79. The molecule has 112 valence electrons. The molecular formula is C14H21NO4S. The lowest BCUT2D eigenvalue weighted by Crippen LogP contribution is -2.43. The van der Waals surface area contributed by atoms with Crippen molar-refractivity contribution in [3.63, 3.8) is 0 Å². The van der Waals surface area contributed by atoms with Crippen molar-refractivity contribution >= 4 is 10.0 Å². The largest absolute Gasteiger partial charge is 0.386 e. The van der Waals surface area contributed by atoms with Crippen molar-refractivity contribution in [3.05, 3.63) is 29.8 Å². The summed E-state index contributed by atoms with van der Waals surface area (Å²) in [7, 11) is -3.58. The minimum Gasteiger partial charge on any atom is -0.386 e. The van der Waals surface area contributed by atoms with E-state index in [2.05, 4.69) is 11.6 Å². The van der Waals surface area contributed by atoms with E-state index in [0.717, 1.165) is 18.4 Å². The minimum absolute atomic E-state index is 0.0218. The Bertz CT molecular complexity index is 533. The van der Waals surface area contributed by atoms with Gasteiger partial charge in [0.1, 0.15) is 5.60 Å². The van der Waals surface area contributed by atoms with Crippen LogP contribution >= 0.6 is 0 Å². The molecule has 2 rings (SSSR count). The van der Waals surface area contributed by atoms with Gasteiger partial charge in [0.25, 0.3) is 0 Å². The van der Waals surface area contributed by atoms with Gasteiger partial charge in [0, 0.05) is 19.6 Å². The van der Waals surface area contributed by atoms with E-state index >= 15 is 0 Å². The van der Waals surface area contributed by atoms with Crippen molar-refractivity contribution in [1.29, 1.82) is 0 Å². The molecule has 1 atom stereocenters. The predicted molar refractivity (Wildman–Crippen MR) is 76.0 cm³/mol. The first-order valence-corrected chi connectivity index (χ1v) is 8.32. The summed E-state index contributed by atoms with van der Waals surface area (Å²) in [5.41, 5.74) is 0.0316. The quantitative estimate of drug-likeness (QED) is 0.824. The molecule has 0 saturated carbocycles. The van der Waals surface area contributed by atoms with Gasteiger partial charge >= 0.3 is 0 Å². The number of hydrogen-bond donors (Lipinski definition) is 2. The molecule has 1 aromatic rings. The number of nitrogens with one attached hydrogen (secondary N) is 1. The van der Waals surface area contributed by atoms with E-state index in [1.165, 1.54) is 0 Å². The molecule has 1 heterocycles. The zero-order chi connectivity index (χ0) is 14.6. The average molecular weight is 299 g/mol. The Hall–Kier alpha value is -0.950. The van der Waals surface area contributed by atoms with Crippen LogP contribution in [0.3, 0.4) is 0 Å². The van der Waals surface area contributed by atoms with Gasteiger partial charge in [0.05, 0.1) is 11.5 Å². The zero-order valence-corrected chi connectivity index (χ0v) is 12.4. The van der Waals surface area contributed by atoms with Gasteiger partial charge in [-0.2, -0.15) is 0 Å². The molecule has 0 spiro atoms. The number of aliphatic hydroxyl groups is 1. The molecule has 6 heteroatoms. The molecule has 0 unspecified atom stereocenters. The summed E-state index contributed by atoms with van der Waals surface area (Å²) in [5.74, 6) is 0. The van der Waals surface area contributed by atoms with E-state index in [4.69, 9.17) is 4.74 Å². The van der Waals surface area contributed by atoms with Crippen LogP contribution in [-0.4, -0.2) is 38.9 Å². The van der Waals surface area contributed by atoms with Crippen LogP contribution in [0.1, 0.15) is 25.3 Å². The first kappa shape index (κ1) is 15.4.